The van der Waals surface area contributed by atoms with Crippen molar-refractivity contribution in [1.82, 2.24) is 20.5 Å². The predicted molar refractivity (Wildman–Crippen MR) is 144 cm³/mol. The number of fused-ring (bicyclic) bond motifs is 1. The molecule has 1 saturated carbocycles. The highest BCUT2D eigenvalue weighted by molar-refractivity contribution is 6.03. The van der Waals surface area contributed by atoms with Crippen LogP contribution in [0.1, 0.15) is 67.2 Å². The largest absolute Gasteiger partial charge is 0.350 e. The number of Topliss-reactive ketones (excluding diaryl/α,β-unsaturated/α-hetero) is 1. The number of aromatic nitrogens is 3. The lowest BCUT2D eigenvalue weighted by molar-refractivity contribution is -0.118. The summed E-state index contributed by atoms with van der Waals surface area (Å²) in [6.45, 7) is 4.75. The number of aromatic amines is 1. The van der Waals surface area contributed by atoms with Gasteiger partial charge in [-0.25, -0.2) is 8.78 Å². The van der Waals surface area contributed by atoms with Gasteiger partial charge in [0, 0.05) is 47.5 Å². The van der Waals surface area contributed by atoms with E-state index < -0.39 is 17.6 Å². The lowest BCUT2D eigenvalue weighted by atomic mass is 9.70. The maximum Gasteiger partial charge on any atom is 0.272 e. The zero-order chi connectivity index (χ0) is 27.3. The number of carbonyl (C=O) groups excluding carboxylic acids is 2. The molecule has 0 saturated heterocycles. The Morgan fingerprint density at radius 2 is 1.92 bits per heavy atom. The van der Waals surface area contributed by atoms with Gasteiger partial charge in [-0.2, -0.15) is 5.10 Å². The number of carbonyl (C=O) groups is 2. The Kier molecular flexibility index (Phi) is 6.16. The molecule has 1 amide bonds. The van der Waals surface area contributed by atoms with Crippen molar-refractivity contribution in [3.63, 3.8) is 0 Å². The first-order valence-electron chi connectivity index (χ1n) is 13.2. The van der Waals surface area contributed by atoms with Gasteiger partial charge in [-0.15, -0.1) is 0 Å². The number of hydrogen-bond acceptors (Lipinski definition) is 5. The molecule has 6 rings (SSSR count). The molecule has 0 spiro atoms. The maximum absolute atomic E-state index is 13.7. The number of rotatable bonds is 6. The summed E-state index contributed by atoms with van der Waals surface area (Å²) in [5.74, 6) is -1.38. The van der Waals surface area contributed by atoms with Crippen LogP contribution >= 0.6 is 0 Å². The third-order valence-corrected chi connectivity index (χ3v) is 7.58. The van der Waals surface area contributed by atoms with Gasteiger partial charge < -0.3 is 10.6 Å². The topological polar surface area (TPSA) is 99.8 Å². The van der Waals surface area contributed by atoms with E-state index in [2.05, 4.69) is 39.7 Å². The second-order valence-corrected chi connectivity index (χ2v) is 11.4. The van der Waals surface area contributed by atoms with Crippen LogP contribution in [-0.4, -0.2) is 33.4 Å². The van der Waals surface area contributed by atoms with E-state index in [1.807, 2.05) is 12.2 Å². The molecule has 3 aliphatic rings. The summed E-state index contributed by atoms with van der Waals surface area (Å²) in [4.78, 5) is 31.0. The molecule has 1 unspecified atom stereocenters. The van der Waals surface area contributed by atoms with Crippen molar-refractivity contribution in [2.75, 3.05) is 11.9 Å². The van der Waals surface area contributed by atoms with Gasteiger partial charge in [-0.1, -0.05) is 32.1 Å². The van der Waals surface area contributed by atoms with Gasteiger partial charge in [0.1, 0.15) is 5.82 Å². The average molecular weight is 530 g/mol. The second kappa shape index (κ2) is 9.55. The van der Waals surface area contributed by atoms with Crippen LogP contribution in [0.5, 0.6) is 0 Å². The molecule has 39 heavy (non-hydrogen) atoms. The Bertz CT molecular complexity index is 1530. The minimum Gasteiger partial charge on any atom is -0.350 e. The molecule has 9 heteroatoms. The minimum absolute atomic E-state index is 0.0428. The average Bonchev–Trinajstić information content (AvgIpc) is 3.63. The molecule has 0 bridgehead atoms. The van der Waals surface area contributed by atoms with Crippen LogP contribution in [0, 0.1) is 23.0 Å². The molecule has 7 nitrogen and oxygen atoms in total. The van der Waals surface area contributed by atoms with E-state index in [-0.39, 0.29) is 22.8 Å². The Balaban J connectivity index is 1.33. The number of H-pyrrole nitrogens is 1. The van der Waals surface area contributed by atoms with Crippen LogP contribution in [-0.2, 0) is 4.79 Å². The fourth-order valence-electron chi connectivity index (χ4n) is 5.40. The molecule has 3 N–H and O–H groups in total. The zero-order valence-electron chi connectivity index (χ0n) is 21.8. The number of ketones is 1. The standard InChI is InChI=1S/C30H29F2N5O2/c1-30(2)12-23-25(24(38)13-30)20(26-27(36-37-28(26)35-23)29(39)34-14-16-3-4-16)9-8-19-7-5-18(15-33-19)17-6-10-21(31)22(32)11-17/h5-11,15-16,20H,3-4,12-14H2,1-2H3,(H,34,39)(H2,35,36,37)/b9-8+. The molecule has 1 aromatic carbocycles. The van der Waals surface area contributed by atoms with Crippen molar-refractivity contribution in [3.8, 4) is 11.1 Å². The van der Waals surface area contributed by atoms with Crippen molar-refractivity contribution >= 4 is 23.6 Å². The van der Waals surface area contributed by atoms with Gasteiger partial charge in [0.25, 0.3) is 5.91 Å². The maximum atomic E-state index is 13.7. The summed E-state index contributed by atoms with van der Waals surface area (Å²) in [6.07, 6.45) is 8.64. The summed E-state index contributed by atoms with van der Waals surface area (Å²) < 4.78 is 27.0. The molecule has 2 aliphatic carbocycles. The third kappa shape index (κ3) is 5.01. The summed E-state index contributed by atoms with van der Waals surface area (Å²) in [6, 6.07) is 7.28. The van der Waals surface area contributed by atoms with Crippen LogP contribution in [0.3, 0.4) is 0 Å². The summed E-state index contributed by atoms with van der Waals surface area (Å²) in [5, 5.41) is 13.6. The van der Waals surface area contributed by atoms with E-state index in [1.54, 1.807) is 18.3 Å². The van der Waals surface area contributed by atoms with Crippen LogP contribution in [0.4, 0.5) is 14.6 Å². The highest BCUT2D eigenvalue weighted by Gasteiger charge is 2.42. The van der Waals surface area contributed by atoms with E-state index in [9.17, 15) is 18.4 Å². The van der Waals surface area contributed by atoms with Crippen LogP contribution < -0.4 is 10.6 Å². The molecular formula is C30H29F2N5O2. The fourth-order valence-corrected chi connectivity index (χ4v) is 5.40. The van der Waals surface area contributed by atoms with Crippen LogP contribution in [0.15, 0.2) is 53.9 Å². The normalized spacial score (nSPS) is 20.0. The lowest BCUT2D eigenvalue weighted by Gasteiger charge is -2.37. The van der Waals surface area contributed by atoms with Crippen LogP contribution in [0.25, 0.3) is 17.2 Å². The number of nitrogens with zero attached hydrogens (tertiary/aromatic N) is 2. The van der Waals surface area contributed by atoms with Gasteiger partial charge in [0.15, 0.2) is 23.1 Å². The van der Waals surface area contributed by atoms with E-state index >= 15 is 0 Å². The van der Waals surface area contributed by atoms with Crippen molar-refractivity contribution in [1.29, 1.82) is 0 Å². The molecule has 3 heterocycles. The van der Waals surface area contributed by atoms with Crippen molar-refractivity contribution < 1.29 is 18.4 Å². The van der Waals surface area contributed by atoms with Gasteiger partial charge in [-0.3, -0.25) is 19.7 Å². The van der Waals surface area contributed by atoms with Crippen molar-refractivity contribution in [2.45, 2.75) is 45.4 Å². The van der Waals surface area contributed by atoms with Crippen LogP contribution in [0.2, 0.25) is 0 Å². The Morgan fingerprint density at radius 1 is 1.13 bits per heavy atom. The highest BCUT2D eigenvalue weighted by Crippen LogP contribution is 2.47. The second-order valence-electron chi connectivity index (χ2n) is 11.4. The Hall–Kier alpha value is -4.14. The minimum atomic E-state index is -0.917. The van der Waals surface area contributed by atoms with Gasteiger partial charge >= 0.3 is 0 Å². The fraction of sp³-hybridized carbons (Fsp3) is 0.333. The molecule has 2 aromatic heterocycles. The van der Waals surface area contributed by atoms with Gasteiger partial charge in [0.2, 0.25) is 0 Å². The van der Waals surface area contributed by atoms with Gasteiger partial charge in [-0.05, 0) is 60.4 Å². The SMILES string of the molecule is CC1(C)CC(=O)C2=C(C1)Nc1[nH]nc(C(=O)NCC3CC3)c1C2/C=C/c1ccc(-c2ccc(F)c(F)c2)cn1. The van der Waals surface area contributed by atoms with Gasteiger partial charge in [0.05, 0.1) is 5.69 Å². The Morgan fingerprint density at radius 3 is 2.64 bits per heavy atom. The molecule has 3 aromatic rings. The monoisotopic (exact) mass is 529 g/mol. The third-order valence-electron chi connectivity index (χ3n) is 7.58. The molecule has 0 radical (unpaired) electrons. The number of halogens is 2. The van der Waals surface area contributed by atoms with E-state index in [0.717, 1.165) is 30.7 Å². The molecule has 1 fully saturated rings. The van der Waals surface area contributed by atoms with Crippen molar-refractivity contribution in [3.05, 3.63) is 82.5 Å². The first-order valence-corrected chi connectivity index (χ1v) is 13.2. The summed E-state index contributed by atoms with van der Waals surface area (Å²) >= 11 is 0. The smallest absolute Gasteiger partial charge is 0.272 e. The van der Waals surface area contributed by atoms with E-state index in [0.29, 0.717) is 59.1 Å². The molecule has 200 valence electrons. The first-order chi connectivity index (χ1) is 18.7. The van der Waals surface area contributed by atoms with E-state index in [4.69, 9.17) is 0 Å². The zero-order valence-corrected chi connectivity index (χ0v) is 21.8. The number of benzene rings is 1. The molecule has 1 aliphatic heterocycles. The summed E-state index contributed by atoms with van der Waals surface area (Å²) in [5.41, 5.74) is 4.01. The number of nitrogens with one attached hydrogen (secondary N) is 3. The lowest BCUT2D eigenvalue weighted by Crippen LogP contribution is -2.34. The number of allylic oxidation sites excluding steroid dienone is 3. The number of hydrogen-bond donors (Lipinski definition) is 3. The highest BCUT2D eigenvalue weighted by atomic mass is 19.2. The molecule has 1 atom stereocenters. The van der Waals surface area contributed by atoms with E-state index in [1.165, 1.54) is 6.07 Å². The number of pyridine rings is 1. The van der Waals surface area contributed by atoms with Crippen molar-refractivity contribution in [2.24, 2.45) is 11.3 Å². The predicted octanol–water partition coefficient (Wildman–Crippen LogP) is 5.76. The Labute approximate surface area is 224 Å². The summed E-state index contributed by atoms with van der Waals surface area (Å²) in [7, 11) is 0. The number of anilines is 1. The first kappa shape index (κ1) is 25.2. The molecular weight excluding hydrogens is 500 g/mol. The quantitative estimate of drug-likeness (QED) is 0.377. The number of amides is 1.